The van der Waals surface area contributed by atoms with Gasteiger partial charge >= 0.3 is 0 Å². The molecule has 32 heavy (non-hydrogen) atoms. The molecule has 0 N–H and O–H groups in total. The predicted molar refractivity (Wildman–Crippen MR) is 133 cm³/mol. The maximum absolute atomic E-state index is 5.00. The van der Waals surface area contributed by atoms with Gasteiger partial charge < -0.3 is 0 Å². The Labute approximate surface area is 190 Å². The molecule has 0 spiro atoms. The first-order valence-corrected chi connectivity index (χ1v) is 11.5. The fraction of sp³-hybridized carbons (Fsp3) is 0.0714. The van der Waals surface area contributed by atoms with Crippen LogP contribution in [-0.2, 0) is 7.05 Å². The van der Waals surface area contributed by atoms with Gasteiger partial charge in [-0.25, -0.2) is 9.55 Å². The monoisotopic (exact) mass is 432 g/mol. The van der Waals surface area contributed by atoms with Crippen LogP contribution < -0.4 is 4.57 Å². The molecule has 0 aliphatic carbocycles. The van der Waals surface area contributed by atoms with Crippen molar-refractivity contribution in [1.82, 2.24) is 9.55 Å². The molecule has 4 aromatic carbocycles. The molecule has 0 aliphatic rings. The summed E-state index contributed by atoms with van der Waals surface area (Å²) in [6, 6.07) is 34.1. The second-order valence-corrected chi connectivity index (χ2v) is 9.09. The summed E-state index contributed by atoms with van der Waals surface area (Å²) in [5.41, 5.74) is 8.20. The largest absolute Gasteiger partial charge is 0.295 e. The number of benzene rings is 4. The Bertz CT molecular complexity index is 1580. The van der Waals surface area contributed by atoms with Crippen molar-refractivity contribution in [1.29, 1.82) is 0 Å². The molecule has 3 nitrogen and oxygen atoms in total. The van der Waals surface area contributed by atoms with Crippen molar-refractivity contribution >= 4 is 32.6 Å². The average molecular weight is 433 g/mol. The van der Waals surface area contributed by atoms with Crippen LogP contribution in [0.25, 0.3) is 48.9 Å². The summed E-state index contributed by atoms with van der Waals surface area (Å²) < 4.78 is 5.87. The van der Waals surface area contributed by atoms with Gasteiger partial charge in [0.15, 0.2) is 11.0 Å². The molecule has 0 unspecified atom stereocenters. The summed E-state index contributed by atoms with van der Waals surface area (Å²) in [5, 5.41) is 1.06. The van der Waals surface area contributed by atoms with Gasteiger partial charge in [-0.05, 0) is 48.9 Å². The van der Waals surface area contributed by atoms with Crippen LogP contribution in [-0.4, -0.2) is 9.55 Å². The van der Waals surface area contributed by atoms with Crippen molar-refractivity contribution in [2.45, 2.75) is 6.92 Å². The summed E-state index contributed by atoms with van der Waals surface area (Å²) in [6.07, 6.45) is 0. The highest BCUT2D eigenvalue weighted by Gasteiger charge is 2.27. The zero-order chi connectivity index (χ0) is 21.7. The van der Waals surface area contributed by atoms with Gasteiger partial charge in [0.05, 0.1) is 22.8 Å². The highest BCUT2D eigenvalue weighted by atomic mass is 32.1. The zero-order valence-electron chi connectivity index (χ0n) is 18.0. The highest BCUT2D eigenvalue weighted by Crippen LogP contribution is 2.36. The first-order valence-electron chi connectivity index (χ1n) is 10.7. The lowest BCUT2D eigenvalue weighted by Gasteiger charge is -2.06. The molecule has 0 bridgehead atoms. The first-order chi connectivity index (χ1) is 15.7. The molecule has 0 fully saturated rings. The standard InChI is InChI=1S/C28H22N3S/c1-19-17-26-23(29-27(32-26)20-11-5-3-6-12-20)18-22(19)28-30(2)24-15-9-10-16-25(24)31(28)21-13-7-4-8-14-21/h3-18H,1-2H3/q+1. The Morgan fingerprint density at radius 2 is 1.50 bits per heavy atom. The maximum atomic E-state index is 5.00. The van der Waals surface area contributed by atoms with Gasteiger partial charge in [0.1, 0.15) is 10.7 Å². The van der Waals surface area contributed by atoms with E-state index in [0.29, 0.717) is 0 Å². The summed E-state index contributed by atoms with van der Waals surface area (Å²) in [6.45, 7) is 2.20. The van der Waals surface area contributed by atoms with Gasteiger partial charge in [-0.3, -0.25) is 0 Å². The number of hydrogen-bond donors (Lipinski definition) is 0. The van der Waals surface area contributed by atoms with E-state index in [1.165, 1.54) is 26.9 Å². The molecular weight excluding hydrogens is 410 g/mol. The SMILES string of the molecule is Cc1cc2sc(-c3ccccc3)nc2cc1-c1n(-c2ccccc2)c2ccccc2[n+]1C. The van der Waals surface area contributed by atoms with E-state index in [4.69, 9.17) is 4.98 Å². The summed E-state index contributed by atoms with van der Waals surface area (Å²) in [5.74, 6) is 1.16. The van der Waals surface area contributed by atoms with E-state index in [1.54, 1.807) is 11.3 Å². The van der Waals surface area contributed by atoms with Crippen molar-refractivity contribution < 1.29 is 4.57 Å². The van der Waals surface area contributed by atoms with E-state index in [2.05, 4.69) is 114 Å². The van der Waals surface area contributed by atoms with Crippen LogP contribution in [0, 0.1) is 6.92 Å². The Balaban J connectivity index is 1.63. The zero-order valence-corrected chi connectivity index (χ0v) is 18.8. The van der Waals surface area contributed by atoms with Crippen LogP contribution >= 0.6 is 11.3 Å². The van der Waals surface area contributed by atoms with Gasteiger partial charge in [-0.1, -0.05) is 60.7 Å². The molecular formula is C28H22N3S+. The number of aryl methyl sites for hydroxylation is 2. The fourth-order valence-electron chi connectivity index (χ4n) is 4.48. The molecule has 154 valence electrons. The number of fused-ring (bicyclic) bond motifs is 2. The van der Waals surface area contributed by atoms with Crippen molar-refractivity contribution in [3.05, 3.63) is 103 Å². The lowest BCUT2D eigenvalue weighted by molar-refractivity contribution is -0.633. The topological polar surface area (TPSA) is 21.7 Å². The normalized spacial score (nSPS) is 11.4. The molecule has 2 heterocycles. The summed E-state index contributed by atoms with van der Waals surface area (Å²) >= 11 is 1.75. The van der Waals surface area contributed by atoms with Crippen LogP contribution in [0.4, 0.5) is 0 Å². The third kappa shape index (κ3) is 2.95. The minimum atomic E-state index is 1.04. The minimum absolute atomic E-state index is 1.04. The number of hydrogen-bond acceptors (Lipinski definition) is 2. The number of thiazole rings is 1. The number of para-hydroxylation sites is 3. The highest BCUT2D eigenvalue weighted by molar-refractivity contribution is 7.21. The third-order valence-corrected chi connectivity index (χ3v) is 7.09. The van der Waals surface area contributed by atoms with Crippen LogP contribution in [0.15, 0.2) is 97.1 Å². The van der Waals surface area contributed by atoms with E-state index in [-0.39, 0.29) is 0 Å². The van der Waals surface area contributed by atoms with Crippen molar-refractivity contribution in [2.75, 3.05) is 0 Å². The van der Waals surface area contributed by atoms with Crippen LogP contribution in [0.2, 0.25) is 0 Å². The maximum Gasteiger partial charge on any atom is 0.295 e. The van der Waals surface area contributed by atoms with Crippen molar-refractivity contribution in [2.24, 2.45) is 7.05 Å². The molecule has 0 saturated carbocycles. The number of nitrogens with zero attached hydrogens (tertiary/aromatic N) is 3. The lowest BCUT2D eigenvalue weighted by atomic mass is 10.1. The van der Waals surface area contributed by atoms with E-state index in [9.17, 15) is 0 Å². The minimum Gasteiger partial charge on any atom is -0.236 e. The quantitative estimate of drug-likeness (QED) is 0.285. The summed E-state index contributed by atoms with van der Waals surface area (Å²) in [7, 11) is 2.15. The number of imidazole rings is 1. The van der Waals surface area contributed by atoms with Crippen LogP contribution in [0.3, 0.4) is 0 Å². The van der Waals surface area contributed by atoms with Crippen LogP contribution in [0.5, 0.6) is 0 Å². The second kappa shape index (κ2) is 7.43. The molecule has 6 rings (SSSR count). The van der Waals surface area contributed by atoms with Gasteiger partial charge in [-0.2, -0.15) is 4.57 Å². The van der Waals surface area contributed by atoms with Gasteiger partial charge in [0.2, 0.25) is 0 Å². The Morgan fingerprint density at radius 1 is 0.812 bits per heavy atom. The Hall–Kier alpha value is -3.76. The van der Waals surface area contributed by atoms with Crippen molar-refractivity contribution in [3.8, 4) is 27.6 Å². The molecule has 2 aromatic heterocycles. The third-order valence-electron chi connectivity index (χ3n) is 6.02. The van der Waals surface area contributed by atoms with Crippen LogP contribution in [0.1, 0.15) is 5.56 Å². The van der Waals surface area contributed by atoms with E-state index in [1.807, 2.05) is 6.07 Å². The molecule has 0 radical (unpaired) electrons. The Kier molecular flexibility index (Phi) is 4.40. The molecule has 0 saturated heterocycles. The lowest BCUT2D eigenvalue weighted by Crippen LogP contribution is -2.30. The molecule has 0 atom stereocenters. The molecule has 0 amide bonds. The van der Waals surface area contributed by atoms with E-state index in [0.717, 1.165) is 27.6 Å². The average Bonchev–Trinajstić information content (AvgIpc) is 3.38. The first kappa shape index (κ1) is 19.0. The van der Waals surface area contributed by atoms with Crippen molar-refractivity contribution in [3.63, 3.8) is 0 Å². The second-order valence-electron chi connectivity index (χ2n) is 8.06. The molecule has 6 aromatic rings. The molecule has 0 aliphatic heterocycles. The smallest absolute Gasteiger partial charge is 0.236 e. The summed E-state index contributed by atoms with van der Waals surface area (Å²) in [4.78, 5) is 5.00. The number of rotatable bonds is 3. The predicted octanol–water partition coefficient (Wildman–Crippen LogP) is 6.71. The van der Waals surface area contributed by atoms with E-state index >= 15 is 0 Å². The fourth-order valence-corrected chi connectivity index (χ4v) is 5.53. The van der Waals surface area contributed by atoms with Gasteiger partial charge in [-0.15, -0.1) is 11.3 Å². The molecule has 4 heteroatoms. The Morgan fingerprint density at radius 3 is 2.28 bits per heavy atom. The number of aromatic nitrogens is 3. The van der Waals surface area contributed by atoms with Gasteiger partial charge in [0, 0.05) is 5.56 Å². The van der Waals surface area contributed by atoms with Gasteiger partial charge in [0.25, 0.3) is 5.82 Å². The van der Waals surface area contributed by atoms with E-state index < -0.39 is 0 Å².